The van der Waals surface area contributed by atoms with E-state index in [2.05, 4.69) is 20.4 Å². The summed E-state index contributed by atoms with van der Waals surface area (Å²) in [5.74, 6) is 0.941. The van der Waals surface area contributed by atoms with Crippen LogP contribution in [0.1, 0.15) is 30.7 Å². The second-order valence-electron chi connectivity index (χ2n) is 7.91. The normalized spacial score (nSPS) is 14.9. The van der Waals surface area contributed by atoms with Crippen molar-refractivity contribution < 1.29 is 14.1 Å². The number of nitrogens with one attached hydrogen (secondary N) is 1. The van der Waals surface area contributed by atoms with Crippen molar-refractivity contribution in [3.63, 3.8) is 0 Å². The van der Waals surface area contributed by atoms with Crippen molar-refractivity contribution in [1.29, 1.82) is 0 Å². The molecule has 0 aliphatic carbocycles. The highest BCUT2D eigenvalue weighted by Gasteiger charge is 2.22. The first-order chi connectivity index (χ1) is 15.6. The van der Waals surface area contributed by atoms with Crippen molar-refractivity contribution in [2.24, 2.45) is 0 Å². The standard InChI is InChI=1S/C23H25N5O4/c29-21(11-6-17-4-2-1-3-5-17)24-19-12-14-27(15-13-19)16-22-25-26-23(32-22)18-7-9-20(10-8-18)28(30)31/h1-5,7-10,19H,6,11-16H2,(H,24,29). The third kappa shape index (κ3) is 5.76. The Morgan fingerprint density at radius 2 is 1.81 bits per heavy atom. The summed E-state index contributed by atoms with van der Waals surface area (Å²) in [6, 6.07) is 16.2. The molecule has 2 heterocycles. The van der Waals surface area contributed by atoms with Crippen LogP contribution >= 0.6 is 0 Å². The van der Waals surface area contributed by atoms with E-state index < -0.39 is 4.92 Å². The summed E-state index contributed by atoms with van der Waals surface area (Å²) in [5.41, 5.74) is 1.83. The SMILES string of the molecule is O=C(CCc1ccccc1)NC1CCN(Cc2nnc(-c3ccc([N+](=O)[O-])cc3)o2)CC1. The van der Waals surface area contributed by atoms with Gasteiger partial charge in [-0.25, -0.2) is 0 Å². The van der Waals surface area contributed by atoms with Crippen molar-refractivity contribution >= 4 is 11.6 Å². The predicted molar refractivity (Wildman–Crippen MR) is 118 cm³/mol. The Labute approximate surface area is 185 Å². The molecule has 0 bridgehead atoms. The van der Waals surface area contributed by atoms with Gasteiger partial charge in [-0.1, -0.05) is 30.3 Å². The zero-order valence-electron chi connectivity index (χ0n) is 17.6. The molecule has 166 valence electrons. The number of nitro benzene ring substituents is 1. The molecule has 9 nitrogen and oxygen atoms in total. The molecule has 2 aromatic carbocycles. The summed E-state index contributed by atoms with van der Waals surface area (Å²) < 4.78 is 5.73. The number of hydrogen-bond donors (Lipinski definition) is 1. The maximum Gasteiger partial charge on any atom is 0.269 e. The van der Waals surface area contributed by atoms with Crippen LogP contribution in [0.4, 0.5) is 5.69 Å². The van der Waals surface area contributed by atoms with Crippen LogP contribution in [0.25, 0.3) is 11.5 Å². The number of nitro groups is 1. The van der Waals surface area contributed by atoms with E-state index in [9.17, 15) is 14.9 Å². The molecule has 32 heavy (non-hydrogen) atoms. The minimum Gasteiger partial charge on any atom is -0.419 e. The largest absolute Gasteiger partial charge is 0.419 e. The van der Waals surface area contributed by atoms with E-state index in [1.165, 1.54) is 17.7 Å². The lowest BCUT2D eigenvalue weighted by molar-refractivity contribution is -0.384. The number of aromatic nitrogens is 2. The van der Waals surface area contributed by atoms with Crippen molar-refractivity contribution in [2.45, 2.75) is 38.3 Å². The maximum absolute atomic E-state index is 12.3. The van der Waals surface area contributed by atoms with Gasteiger partial charge < -0.3 is 9.73 Å². The van der Waals surface area contributed by atoms with Crippen LogP contribution in [-0.4, -0.2) is 45.1 Å². The summed E-state index contributed by atoms with van der Waals surface area (Å²) in [7, 11) is 0. The molecule has 1 aromatic heterocycles. The molecule has 1 N–H and O–H groups in total. The number of hydrogen-bond acceptors (Lipinski definition) is 7. The molecular weight excluding hydrogens is 410 g/mol. The summed E-state index contributed by atoms with van der Waals surface area (Å²) >= 11 is 0. The van der Waals surface area contributed by atoms with Crippen LogP contribution in [0.15, 0.2) is 59.0 Å². The van der Waals surface area contributed by atoms with E-state index in [0.717, 1.165) is 32.4 Å². The lowest BCUT2D eigenvalue weighted by atomic mass is 10.0. The van der Waals surface area contributed by atoms with Crippen LogP contribution in [-0.2, 0) is 17.8 Å². The van der Waals surface area contributed by atoms with Gasteiger partial charge in [0.25, 0.3) is 5.69 Å². The second kappa shape index (κ2) is 10.1. The third-order valence-corrected chi connectivity index (χ3v) is 5.59. The second-order valence-corrected chi connectivity index (χ2v) is 7.91. The zero-order chi connectivity index (χ0) is 22.3. The highest BCUT2D eigenvalue weighted by atomic mass is 16.6. The van der Waals surface area contributed by atoms with E-state index in [0.29, 0.717) is 30.3 Å². The van der Waals surface area contributed by atoms with E-state index in [1.54, 1.807) is 12.1 Å². The Balaban J connectivity index is 1.21. The zero-order valence-corrected chi connectivity index (χ0v) is 17.6. The van der Waals surface area contributed by atoms with Gasteiger partial charge in [-0.05, 0) is 37.0 Å². The summed E-state index contributed by atoms with van der Waals surface area (Å²) in [6.07, 6.45) is 3.00. The maximum atomic E-state index is 12.3. The van der Waals surface area contributed by atoms with Gasteiger partial charge in [-0.2, -0.15) is 0 Å². The number of amides is 1. The average molecular weight is 435 g/mol. The average Bonchev–Trinajstić information content (AvgIpc) is 3.28. The molecule has 1 fully saturated rings. The van der Waals surface area contributed by atoms with Gasteiger partial charge in [0.2, 0.25) is 17.7 Å². The molecule has 1 aliphatic heterocycles. The number of nitrogens with zero attached hydrogens (tertiary/aromatic N) is 4. The number of likely N-dealkylation sites (tertiary alicyclic amines) is 1. The van der Waals surface area contributed by atoms with Gasteiger partial charge in [0, 0.05) is 43.2 Å². The van der Waals surface area contributed by atoms with Crippen LogP contribution in [0.5, 0.6) is 0 Å². The van der Waals surface area contributed by atoms with Crippen molar-refractivity contribution in [3.8, 4) is 11.5 Å². The van der Waals surface area contributed by atoms with Crippen LogP contribution < -0.4 is 5.32 Å². The van der Waals surface area contributed by atoms with Crippen molar-refractivity contribution in [3.05, 3.63) is 76.2 Å². The molecule has 1 aliphatic rings. The predicted octanol–water partition coefficient (Wildman–Crippen LogP) is 3.36. The van der Waals surface area contributed by atoms with E-state index in [-0.39, 0.29) is 17.6 Å². The molecule has 0 spiro atoms. The van der Waals surface area contributed by atoms with Gasteiger partial charge in [-0.15, -0.1) is 10.2 Å². The molecule has 0 unspecified atom stereocenters. The van der Waals surface area contributed by atoms with E-state index >= 15 is 0 Å². The Morgan fingerprint density at radius 1 is 1.09 bits per heavy atom. The molecule has 3 aromatic rings. The summed E-state index contributed by atoms with van der Waals surface area (Å²) in [5, 5.41) is 22.1. The van der Waals surface area contributed by atoms with Crippen LogP contribution in [0, 0.1) is 10.1 Å². The lowest BCUT2D eigenvalue weighted by Gasteiger charge is -2.31. The Morgan fingerprint density at radius 3 is 2.50 bits per heavy atom. The Kier molecular flexibility index (Phi) is 6.86. The van der Waals surface area contributed by atoms with Crippen molar-refractivity contribution in [2.75, 3.05) is 13.1 Å². The third-order valence-electron chi connectivity index (χ3n) is 5.59. The highest BCUT2D eigenvalue weighted by molar-refractivity contribution is 5.76. The van der Waals surface area contributed by atoms with Gasteiger partial charge in [-0.3, -0.25) is 19.8 Å². The monoisotopic (exact) mass is 435 g/mol. The minimum atomic E-state index is -0.446. The first-order valence-electron chi connectivity index (χ1n) is 10.7. The molecule has 4 rings (SSSR count). The molecular formula is C23H25N5O4. The van der Waals surface area contributed by atoms with E-state index in [4.69, 9.17) is 4.42 Å². The Hall–Kier alpha value is -3.59. The highest BCUT2D eigenvalue weighted by Crippen LogP contribution is 2.22. The van der Waals surface area contributed by atoms with Crippen LogP contribution in [0.3, 0.4) is 0 Å². The fourth-order valence-corrected chi connectivity index (χ4v) is 3.79. The molecule has 0 radical (unpaired) electrons. The number of carbonyl (C=O) groups is 1. The number of piperidine rings is 1. The first kappa shape index (κ1) is 21.6. The Bertz CT molecular complexity index is 1040. The van der Waals surface area contributed by atoms with Gasteiger partial charge >= 0.3 is 0 Å². The molecule has 9 heteroatoms. The van der Waals surface area contributed by atoms with E-state index in [1.807, 2.05) is 30.3 Å². The van der Waals surface area contributed by atoms with Crippen LogP contribution in [0.2, 0.25) is 0 Å². The van der Waals surface area contributed by atoms with Gasteiger partial charge in [0.05, 0.1) is 11.5 Å². The summed E-state index contributed by atoms with van der Waals surface area (Å²) in [4.78, 5) is 24.8. The minimum absolute atomic E-state index is 0.0171. The number of non-ortho nitro benzene ring substituents is 1. The fourth-order valence-electron chi connectivity index (χ4n) is 3.79. The quantitative estimate of drug-likeness (QED) is 0.426. The number of rotatable bonds is 8. The number of carbonyl (C=O) groups excluding carboxylic acids is 1. The topological polar surface area (TPSA) is 114 Å². The van der Waals surface area contributed by atoms with Crippen molar-refractivity contribution in [1.82, 2.24) is 20.4 Å². The lowest BCUT2D eigenvalue weighted by Crippen LogP contribution is -2.44. The molecule has 1 amide bonds. The smallest absolute Gasteiger partial charge is 0.269 e. The number of aryl methyl sites for hydroxylation is 1. The number of benzene rings is 2. The fraction of sp³-hybridized carbons (Fsp3) is 0.348. The first-order valence-corrected chi connectivity index (χ1v) is 10.7. The molecule has 1 saturated heterocycles. The van der Waals surface area contributed by atoms with Gasteiger partial charge in [0.1, 0.15) is 0 Å². The summed E-state index contributed by atoms with van der Waals surface area (Å²) in [6.45, 7) is 2.20. The molecule has 0 atom stereocenters. The van der Waals surface area contributed by atoms with Gasteiger partial charge in [0.15, 0.2) is 0 Å². The molecule has 0 saturated carbocycles.